The fourth-order valence-corrected chi connectivity index (χ4v) is 27.3. The Morgan fingerprint density at radius 1 is 0.210 bits per heavy atom. The third-order valence-corrected chi connectivity index (χ3v) is 32.3. The van der Waals surface area contributed by atoms with Gasteiger partial charge in [0.2, 0.25) is 33.6 Å². The lowest BCUT2D eigenvalue weighted by molar-refractivity contribution is 1.18. The van der Waals surface area contributed by atoms with Crippen molar-refractivity contribution in [3.63, 3.8) is 0 Å². The lowest BCUT2D eigenvalue weighted by atomic mass is 9.37. The average molecular weight is 1740 g/mol. The Balaban J connectivity index is 0.0000000799. The van der Waals surface area contributed by atoms with Gasteiger partial charge in [0.25, 0.3) is 0 Å². The highest BCUT2D eigenvalue weighted by atomic mass is 15.0. The van der Waals surface area contributed by atoms with Crippen molar-refractivity contribution in [2.24, 2.45) is 0 Å². The zero-order valence-corrected chi connectivity index (χ0v) is 75.0. The van der Waals surface area contributed by atoms with Gasteiger partial charge in [0.1, 0.15) is 6.07 Å². The number of benzene rings is 20. The lowest BCUT2D eigenvalue weighted by Crippen LogP contribution is -2.53. The van der Waals surface area contributed by atoms with E-state index in [1.807, 2.05) is 12.1 Å². The SMILES string of the molecule is Cc1ccc2c(c1)c1cccc3c1n2-c1cccc2c1B3c1ccccc1-2.Cc1cccc2c1c1cccc3c1n2-c1cccc2c1B3c1ccccc1-2.N#Cc1cc2c3c(c1)-n1c4ccccc4c4cccc(c41)B3c1ccccc1-2.N#Cc1ccc2c3c1-c1ccccc1B3c1cccc3c4ccccc4n-2c13.N#Cc1ccc2c3c1-n1c4ccccc4c4cccc(c41)B3c1ccccc1-2. The first kappa shape index (κ1) is 75.7. The van der Waals surface area contributed by atoms with Crippen molar-refractivity contribution < 1.29 is 0 Å². The van der Waals surface area contributed by atoms with E-state index in [1.54, 1.807) is 0 Å². The summed E-state index contributed by atoms with van der Waals surface area (Å²) in [5, 5.41) is 42.6. The molecule has 138 heavy (non-hydrogen) atoms. The van der Waals surface area contributed by atoms with Gasteiger partial charge in [-0.3, -0.25) is 0 Å². The van der Waals surface area contributed by atoms with Crippen molar-refractivity contribution in [3.05, 3.63) is 422 Å². The van der Waals surface area contributed by atoms with E-state index in [-0.39, 0.29) is 20.1 Å². The van der Waals surface area contributed by atoms with Crippen molar-refractivity contribution in [3.8, 4) is 102 Å². The first-order chi connectivity index (χ1) is 68.3. The van der Waals surface area contributed by atoms with Gasteiger partial charge in [-0.2, -0.15) is 15.8 Å². The Morgan fingerprint density at radius 2 is 0.551 bits per heavy atom. The highest BCUT2D eigenvalue weighted by Gasteiger charge is 2.48. The normalized spacial score (nSPS) is 13.1. The molecule has 0 saturated carbocycles. The van der Waals surface area contributed by atoms with E-state index in [0.29, 0.717) is 13.4 Å². The molecule has 0 radical (unpaired) electrons. The summed E-state index contributed by atoms with van der Waals surface area (Å²) >= 11 is 0. The van der Waals surface area contributed by atoms with Gasteiger partial charge in [0, 0.05) is 104 Å². The summed E-state index contributed by atoms with van der Waals surface area (Å²) in [6, 6.07) is 150. The smallest absolute Gasteiger partial charge is 0.248 e. The molecule has 0 aliphatic carbocycles. The largest absolute Gasteiger partial charge is 0.310 e. The topological polar surface area (TPSA) is 96.0 Å². The second-order valence-corrected chi connectivity index (χ2v) is 38.6. The second kappa shape index (κ2) is 27.7. The first-order valence-corrected chi connectivity index (χ1v) is 47.9. The van der Waals surface area contributed by atoms with Crippen LogP contribution in [0, 0.1) is 47.8 Å². The summed E-state index contributed by atoms with van der Waals surface area (Å²) in [6.45, 7) is 5.70. The van der Waals surface area contributed by atoms with Gasteiger partial charge in [-0.05, 0) is 209 Å². The minimum Gasteiger partial charge on any atom is -0.310 e. The maximum Gasteiger partial charge on any atom is 0.248 e. The Kier molecular flexibility index (Phi) is 15.2. The molecular formula is C125H71B5N8. The summed E-state index contributed by atoms with van der Waals surface area (Å²) in [4.78, 5) is 0. The molecule has 0 fully saturated rings. The number of nitrogens with zero attached hydrogens (tertiary/aromatic N) is 8. The molecule has 13 heteroatoms. The van der Waals surface area contributed by atoms with E-state index in [0.717, 1.165) is 33.6 Å². The molecule has 10 aliphatic rings. The number of para-hydroxylation sites is 8. The Bertz CT molecular complexity index is 10200. The predicted octanol–water partition coefficient (Wildman–Crippen LogP) is 18.2. The molecule has 5 aromatic heterocycles. The number of rotatable bonds is 0. The van der Waals surface area contributed by atoms with Crippen LogP contribution in [0.25, 0.3) is 193 Å². The summed E-state index contributed by atoms with van der Waals surface area (Å²) in [6.07, 6.45) is 0. The maximum absolute atomic E-state index is 9.96. The van der Waals surface area contributed by atoms with Gasteiger partial charge in [-0.15, -0.1) is 0 Å². The van der Waals surface area contributed by atoms with E-state index in [9.17, 15) is 15.8 Å². The van der Waals surface area contributed by atoms with Crippen LogP contribution in [-0.4, -0.2) is 56.4 Å². The van der Waals surface area contributed by atoms with Crippen molar-refractivity contribution in [2.45, 2.75) is 13.8 Å². The summed E-state index contributed by atoms with van der Waals surface area (Å²) < 4.78 is 12.1. The predicted molar refractivity (Wildman–Crippen MR) is 578 cm³/mol. The molecule has 0 saturated heterocycles. The van der Waals surface area contributed by atoms with Gasteiger partial charge < -0.3 is 22.8 Å². The molecule has 10 aliphatic heterocycles. The number of aryl methyl sites for hydroxylation is 2. The van der Waals surface area contributed by atoms with Crippen LogP contribution < -0.4 is 81.9 Å². The van der Waals surface area contributed by atoms with E-state index in [2.05, 4.69) is 437 Å². The van der Waals surface area contributed by atoms with Crippen LogP contribution in [0.1, 0.15) is 27.8 Å². The lowest BCUT2D eigenvalue weighted by Gasteiger charge is -2.25. The van der Waals surface area contributed by atoms with Crippen LogP contribution in [0.4, 0.5) is 0 Å². The number of hydrogen-bond donors (Lipinski definition) is 0. The highest BCUT2D eigenvalue weighted by molar-refractivity contribution is 7.04. The third-order valence-electron chi connectivity index (χ3n) is 32.3. The van der Waals surface area contributed by atoms with Gasteiger partial charge in [0.05, 0.1) is 62.1 Å². The van der Waals surface area contributed by atoms with Gasteiger partial charge >= 0.3 is 0 Å². The van der Waals surface area contributed by atoms with Crippen molar-refractivity contribution in [1.82, 2.24) is 22.8 Å². The van der Waals surface area contributed by atoms with Crippen LogP contribution in [0.3, 0.4) is 0 Å². The molecule has 35 rings (SSSR count). The van der Waals surface area contributed by atoms with Crippen LogP contribution in [0.5, 0.6) is 0 Å². The van der Waals surface area contributed by atoms with Crippen molar-refractivity contribution in [2.75, 3.05) is 0 Å². The maximum atomic E-state index is 9.96. The number of fused-ring (bicyclic) bond motifs is 40. The molecule has 0 N–H and O–H groups in total. The molecular weight excluding hydrogens is 1670 g/mol. The molecule has 0 unspecified atom stereocenters. The summed E-state index contributed by atoms with van der Waals surface area (Å²) in [5.74, 6) is 0. The highest BCUT2D eigenvalue weighted by Crippen LogP contribution is 2.46. The van der Waals surface area contributed by atoms with E-state index >= 15 is 0 Å². The standard InChI is InChI=1S/3C25H13BN2.2C25H16BN/c27-14-15-12-13-22-24-23(15)18-7-1-3-9-19(18)26(24)20-10-5-8-17-16-6-2-4-11-21(16)28(22)25(17)20;27-14-15-12-19-16-6-1-3-9-20(16)26-21-10-5-8-18-17-7-2-4-11-22(17)28(25(18)21)23(13-15)24(19)26;27-14-15-12-13-18-16-6-1-3-9-20(16)26-21-10-5-8-19-17-7-2-4-11-22(17)28(25(19)21)24(15)23(18)26;1-15-7-4-13-21-23(15)18-10-5-12-20-25(18)27(21)22-14-6-9-17-16-8-2-3-11-19(16)26(20)24(17)22;1-15-12-13-22-19(14-15)18-8-4-10-21-25(18)27(22)23-11-5-7-17-16-6-2-3-9-20(16)26(21)24(17)23/h3*1-13H;2*2-14H,1H3. The Hall–Kier alpha value is -17.8. The molecule has 0 atom stereocenters. The van der Waals surface area contributed by atoms with Crippen LogP contribution in [-0.2, 0) is 0 Å². The Morgan fingerprint density at radius 3 is 1.07 bits per heavy atom. The van der Waals surface area contributed by atoms with Gasteiger partial charge in [0.15, 0.2) is 0 Å². The zero-order valence-electron chi connectivity index (χ0n) is 75.0. The van der Waals surface area contributed by atoms with Crippen molar-refractivity contribution >= 4 is 225 Å². The number of nitriles is 3. The van der Waals surface area contributed by atoms with Crippen molar-refractivity contribution in [1.29, 1.82) is 15.8 Å². The van der Waals surface area contributed by atoms with Gasteiger partial charge in [-0.1, -0.05) is 348 Å². The molecule has 20 aromatic carbocycles. The fraction of sp³-hybridized carbons (Fsp3) is 0.0160. The average Bonchev–Trinajstić information content (AvgIpc) is 1.55. The summed E-state index contributed by atoms with van der Waals surface area (Å²) in [7, 11) is 0. The molecule has 25 aromatic rings. The van der Waals surface area contributed by atoms with Crippen LogP contribution in [0.2, 0.25) is 0 Å². The molecule has 626 valence electrons. The van der Waals surface area contributed by atoms with E-state index < -0.39 is 0 Å². The fourth-order valence-electron chi connectivity index (χ4n) is 27.3. The minimum atomic E-state index is 0.190. The van der Waals surface area contributed by atoms with Crippen LogP contribution >= 0.6 is 0 Å². The monoisotopic (exact) mass is 1740 g/mol. The second-order valence-electron chi connectivity index (χ2n) is 38.6. The number of aromatic nitrogens is 5. The molecule has 8 nitrogen and oxygen atoms in total. The molecule has 0 bridgehead atoms. The molecule has 0 spiro atoms. The van der Waals surface area contributed by atoms with E-state index in [1.165, 1.54) is 269 Å². The van der Waals surface area contributed by atoms with Gasteiger partial charge in [-0.25, -0.2) is 0 Å². The molecule has 15 heterocycles. The Labute approximate surface area is 795 Å². The molecule has 0 amide bonds. The third kappa shape index (κ3) is 9.60. The minimum absolute atomic E-state index is 0.190. The summed E-state index contributed by atoms with van der Waals surface area (Å²) in [5.41, 5.74) is 57.3. The quantitative estimate of drug-likeness (QED) is 0.142. The van der Waals surface area contributed by atoms with E-state index in [4.69, 9.17) is 0 Å². The first-order valence-electron chi connectivity index (χ1n) is 47.9. The number of hydrogen-bond acceptors (Lipinski definition) is 3. The van der Waals surface area contributed by atoms with Crippen LogP contribution in [0.15, 0.2) is 394 Å². The zero-order chi connectivity index (χ0) is 90.6.